The van der Waals surface area contributed by atoms with E-state index in [1.807, 2.05) is 17.0 Å². The number of carbonyl (C=O) groups excluding carboxylic acids is 3. The fourth-order valence-electron chi connectivity index (χ4n) is 3.59. The first kappa shape index (κ1) is 17.9. The second-order valence-electron chi connectivity index (χ2n) is 6.73. The van der Waals surface area contributed by atoms with Crippen LogP contribution in [0.4, 0.5) is 4.79 Å². The van der Waals surface area contributed by atoms with Gasteiger partial charge in [-0.3, -0.25) is 14.9 Å². The summed E-state index contributed by atoms with van der Waals surface area (Å²) in [5.41, 5.74) is 0.194. The smallest absolute Gasteiger partial charge is 0.322 e. The minimum Gasteiger partial charge on any atom is -0.343 e. The van der Waals surface area contributed by atoms with Gasteiger partial charge in [0.05, 0.1) is 6.42 Å². The van der Waals surface area contributed by atoms with Crippen molar-refractivity contribution < 1.29 is 14.4 Å². The largest absolute Gasteiger partial charge is 0.343 e. The normalized spacial score (nSPS) is 24.2. The quantitative estimate of drug-likeness (QED) is 0.752. The molecule has 2 aliphatic rings. The summed E-state index contributed by atoms with van der Waals surface area (Å²) in [6, 6.07) is 7.81. The molecule has 134 valence electrons. The lowest BCUT2D eigenvalue weighted by atomic mass is 9.88. The number of urea groups is 1. The molecular weight excluding hydrogens is 386 g/mol. The molecule has 2 aliphatic heterocycles. The van der Waals surface area contributed by atoms with E-state index >= 15 is 0 Å². The Morgan fingerprint density at radius 1 is 1.24 bits per heavy atom. The Kier molecular flexibility index (Phi) is 5.13. The molecule has 0 radical (unpaired) electrons. The molecule has 2 fully saturated rings. The van der Waals surface area contributed by atoms with Gasteiger partial charge in [-0.05, 0) is 42.9 Å². The Balaban J connectivity index is 1.59. The fraction of sp³-hybridized carbons (Fsp3) is 0.500. The third kappa shape index (κ3) is 3.71. The topological polar surface area (TPSA) is 78.5 Å². The van der Waals surface area contributed by atoms with Gasteiger partial charge in [0.15, 0.2) is 0 Å². The predicted octanol–water partition coefficient (Wildman–Crippen LogP) is 2.53. The molecule has 1 aromatic rings. The number of amides is 4. The minimum atomic E-state index is -1.10. The molecule has 0 saturated carbocycles. The molecule has 7 heteroatoms. The van der Waals surface area contributed by atoms with Crippen LogP contribution in [0, 0.1) is 0 Å². The van der Waals surface area contributed by atoms with Crippen molar-refractivity contribution in [2.75, 3.05) is 13.1 Å². The number of halogens is 1. The number of piperidine rings is 1. The van der Waals surface area contributed by atoms with Gasteiger partial charge in [0.1, 0.15) is 5.54 Å². The van der Waals surface area contributed by atoms with Crippen LogP contribution in [0.25, 0.3) is 0 Å². The molecule has 0 aliphatic carbocycles. The molecule has 6 nitrogen and oxygen atoms in total. The lowest BCUT2D eigenvalue weighted by Crippen LogP contribution is -2.51. The van der Waals surface area contributed by atoms with Crippen LogP contribution in [-0.4, -0.2) is 41.4 Å². The Hall–Kier alpha value is -1.89. The van der Waals surface area contributed by atoms with E-state index < -0.39 is 17.5 Å². The van der Waals surface area contributed by atoms with Gasteiger partial charge in [0, 0.05) is 17.6 Å². The SMILES string of the molecule is CCC1(CC(=O)N2CCC(c3ccc(Br)cc3)CC2)NC(=O)NC1=O. The first-order chi connectivity index (χ1) is 11.9. The van der Waals surface area contributed by atoms with Gasteiger partial charge in [-0.15, -0.1) is 0 Å². The van der Waals surface area contributed by atoms with Crippen molar-refractivity contribution in [3.05, 3.63) is 34.3 Å². The molecule has 4 amide bonds. The Morgan fingerprint density at radius 3 is 2.40 bits per heavy atom. The molecule has 0 spiro atoms. The molecule has 1 aromatic carbocycles. The number of benzene rings is 1. The second kappa shape index (κ2) is 7.15. The summed E-state index contributed by atoms with van der Waals surface area (Å²) in [6.07, 6.45) is 2.23. The van der Waals surface area contributed by atoms with Gasteiger partial charge in [-0.25, -0.2) is 4.79 Å². The summed E-state index contributed by atoms with van der Waals surface area (Å²) in [7, 11) is 0. The van der Waals surface area contributed by atoms with Gasteiger partial charge in [-0.2, -0.15) is 0 Å². The molecule has 2 heterocycles. The van der Waals surface area contributed by atoms with E-state index in [0.717, 1.165) is 17.3 Å². The maximum absolute atomic E-state index is 12.6. The number of likely N-dealkylation sites (tertiary alicyclic amines) is 1. The van der Waals surface area contributed by atoms with Crippen LogP contribution in [0.5, 0.6) is 0 Å². The van der Waals surface area contributed by atoms with Crippen molar-refractivity contribution >= 4 is 33.8 Å². The van der Waals surface area contributed by atoms with Crippen molar-refractivity contribution in [1.82, 2.24) is 15.5 Å². The average Bonchev–Trinajstić information content (AvgIpc) is 2.89. The van der Waals surface area contributed by atoms with E-state index in [1.165, 1.54) is 5.56 Å². The summed E-state index contributed by atoms with van der Waals surface area (Å²) in [4.78, 5) is 37.9. The molecule has 3 rings (SSSR count). The molecule has 0 aromatic heterocycles. The number of hydrogen-bond acceptors (Lipinski definition) is 3. The molecule has 0 bridgehead atoms. The highest BCUT2D eigenvalue weighted by Crippen LogP contribution is 2.30. The van der Waals surface area contributed by atoms with E-state index in [0.29, 0.717) is 25.4 Å². The third-order valence-electron chi connectivity index (χ3n) is 5.26. The predicted molar refractivity (Wildman–Crippen MR) is 97.0 cm³/mol. The summed E-state index contributed by atoms with van der Waals surface area (Å²) >= 11 is 3.45. The van der Waals surface area contributed by atoms with Crippen LogP contribution in [0.15, 0.2) is 28.7 Å². The van der Waals surface area contributed by atoms with Crippen LogP contribution in [0.2, 0.25) is 0 Å². The molecular formula is C18H22BrN3O3. The molecule has 25 heavy (non-hydrogen) atoms. The monoisotopic (exact) mass is 407 g/mol. The lowest BCUT2D eigenvalue weighted by molar-refractivity contribution is -0.137. The van der Waals surface area contributed by atoms with Gasteiger partial charge in [0.2, 0.25) is 5.91 Å². The average molecular weight is 408 g/mol. The highest BCUT2D eigenvalue weighted by molar-refractivity contribution is 9.10. The molecule has 2 saturated heterocycles. The molecule has 2 N–H and O–H groups in total. The van der Waals surface area contributed by atoms with E-state index in [9.17, 15) is 14.4 Å². The summed E-state index contributed by atoms with van der Waals surface area (Å²) in [5.74, 6) is -0.0293. The Bertz CT molecular complexity index is 683. The minimum absolute atomic E-state index is 0.0179. The van der Waals surface area contributed by atoms with Gasteiger partial charge in [0.25, 0.3) is 5.91 Å². The molecule has 1 unspecified atom stereocenters. The first-order valence-corrected chi connectivity index (χ1v) is 9.39. The zero-order valence-corrected chi connectivity index (χ0v) is 15.8. The Labute approximate surface area is 155 Å². The summed E-state index contributed by atoms with van der Waals surface area (Å²) in [6.45, 7) is 3.15. The highest BCUT2D eigenvalue weighted by atomic mass is 79.9. The van der Waals surface area contributed by atoms with E-state index in [2.05, 4.69) is 38.7 Å². The van der Waals surface area contributed by atoms with Gasteiger partial charge in [-0.1, -0.05) is 35.0 Å². The van der Waals surface area contributed by atoms with Crippen LogP contribution in [0.3, 0.4) is 0 Å². The van der Waals surface area contributed by atoms with Crippen LogP contribution in [-0.2, 0) is 9.59 Å². The standard InChI is InChI=1S/C18H22BrN3O3/c1-2-18(16(24)20-17(25)21-18)11-15(23)22-9-7-13(8-10-22)12-3-5-14(19)6-4-12/h3-6,13H,2,7-11H2,1H3,(H2,20,21,24,25). The van der Waals surface area contributed by atoms with Crippen molar-refractivity contribution in [2.24, 2.45) is 0 Å². The number of imide groups is 1. The number of carbonyl (C=O) groups is 3. The zero-order chi connectivity index (χ0) is 18.0. The highest BCUT2D eigenvalue weighted by Gasteiger charge is 2.47. The number of nitrogens with zero attached hydrogens (tertiary/aromatic N) is 1. The van der Waals surface area contributed by atoms with Crippen molar-refractivity contribution in [3.8, 4) is 0 Å². The summed E-state index contributed by atoms with van der Waals surface area (Å²) < 4.78 is 1.06. The first-order valence-electron chi connectivity index (χ1n) is 8.60. The van der Waals surface area contributed by atoms with Crippen LogP contribution < -0.4 is 10.6 Å². The summed E-state index contributed by atoms with van der Waals surface area (Å²) in [5, 5.41) is 4.86. The maximum atomic E-state index is 12.6. The maximum Gasteiger partial charge on any atom is 0.322 e. The Morgan fingerprint density at radius 2 is 1.88 bits per heavy atom. The van der Waals surface area contributed by atoms with E-state index in [1.54, 1.807) is 6.92 Å². The van der Waals surface area contributed by atoms with Crippen LogP contribution >= 0.6 is 15.9 Å². The van der Waals surface area contributed by atoms with Crippen molar-refractivity contribution in [1.29, 1.82) is 0 Å². The lowest BCUT2D eigenvalue weighted by Gasteiger charge is -2.34. The van der Waals surface area contributed by atoms with E-state index in [4.69, 9.17) is 0 Å². The third-order valence-corrected chi connectivity index (χ3v) is 5.79. The fourth-order valence-corrected chi connectivity index (χ4v) is 3.86. The number of nitrogens with one attached hydrogen (secondary N) is 2. The van der Waals surface area contributed by atoms with Crippen molar-refractivity contribution in [3.63, 3.8) is 0 Å². The second-order valence-corrected chi connectivity index (χ2v) is 7.64. The zero-order valence-electron chi connectivity index (χ0n) is 14.2. The van der Waals surface area contributed by atoms with Crippen molar-refractivity contribution in [2.45, 2.75) is 44.1 Å². The van der Waals surface area contributed by atoms with Gasteiger partial charge < -0.3 is 10.2 Å². The van der Waals surface area contributed by atoms with Gasteiger partial charge >= 0.3 is 6.03 Å². The number of rotatable bonds is 4. The molecule has 1 atom stereocenters. The van der Waals surface area contributed by atoms with Crippen LogP contribution in [0.1, 0.15) is 44.1 Å². The van der Waals surface area contributed by atoms with E-state index in [-0.39, 0.29) is 12.3 Å². The number of hydrogen-bond donors (Lipinski definition) is 2.